The van der Waals surface area contributed by atoms with Crippen LogP contribution >= 0.6 is 11.6 Å². The largest absolute Gasteiger partial charge is 0.375 e. The summed E-state index contributed by atoms with van der Waals surface area (Å²) in [5.74, 6) is 0.753. The molecular formula is C20H22ClN5O. The van der Waals surface area contributed by atoms with Crippen molar-refractivity contribution in [2.75, 3.05) is 18.5 Å². The highest BCUT2D eigenvalue weighted by Crippen LogP contribution is 2.35. The minimum Gasteiger partial charge on any atom is -0.375 e. The first-order valence-corrected chi connectivity index (χ1v) is 9.77. The first kappa shape index (κ1) is 17.0. The first-order valence-electron chi connectivity index (χ1n) is 9.39. The summed E-state index contributed by atoms with van der Waals surface area (Å²) < 4.78 is 7.67. The molecule has 2 bridgehead atoms. The lowest BCUT2D eigenvalue weighted by atomic mass is 10.2. The molecule has 3 aromatic rings. The van der Waals surface area contributed by atoms with E-state index in [1.807, 2.05) is 22.7 Å². The Hall–Kier alpha value is -2.15. The molecule has 2 aliphatic rings. The van der Waals surface area contributed by atoms with Crippen LogP contribution in [0.15, 0.2) is 42.5 Å². The lowest BCUT2D eigenvalue weighted by Gasteiger charge is -2.32. The number of halogens is 1. The van der Waals surface area contributed by atoms with Gasteiger partial charge in [0.2, 0.25) is 5.28 Å². The maximum Gasteiger partial charge on any atom is 0.243 e. The van der Waals surface area contributed by atoms with Crippen LogP contribution in [0.5, 0.6) is 0 Å². The van der Waals surface area contributed by atoms with Gasteiger partial charge >= 0.3 is 0 Å². The van der Waals surface area contributed by atoms with E-state index in [-0.39, 0.29) is 11.3 Å². The van der Waals surface area contributed by atoms with Crippen molar-refractivity contribution < 1.29 is 4.74 Å². The monoisotopic (exact) mass is 383 g/mol. The highest BCUT2D eigenvalue weighted by molar-refractivity contribution is 6.28. The van der Waals surface area contributed by atoms with E-state index in [4.69, 9.17) is 16.3 Å². The topological polar surface area (TPSA) is 54.7 Å². The van der Waals surface area contributed by atoms with Crippen molar-refractivity contribution in [3.8, 4) is 0 Å². The Morgan fingerprint density at radius 2 is 2.11 bits per heavy atom. The zero-order chi connectivity index (χ0) is 18.4. The molecule has 2 aliphatic heterocycles. The van der Waals surface area contributed by atoms with Crippen LogP contribution in [0.3, 0.4) is 0 Å². The molecule has 2 fully saturated rings. The summed E-state index contributed by atoms with van der Waals surface area (Å²) in [5.41, 5.74) is 3.26. The van der Waals surface area contributed by atoms with Gasteiger partial charge in [0.15, 0.2) is 5.82 Å². The molecule has 27 heavy (non-hydrogen) atoms. The van der Waals surface area contributed by atoms with E-state index in [2.05, 4.69) is 51.5 Å². The van der Waals surface area contributed by atoms with Crippen molar-refractivity contribution in [2.45, 2.75) is 38.1 Å². The molecule has 0 aliphatic carbocycles. The number of anilines is 1. The fraction of sp³-hybridized carbons (Fsp3) is 0.400. The highest BCUT2D eigenvalue weighted by Gasteiger charge is 2.41. The zero-order valence-electron chi connectivity index (χ0n) is 15.2. The Labute approximate surface area is 163 Å². The quantitative estimate of drug-likeness (QED) is 0.730. The normalized spacial score (nSPS) is 23.2. The second-order valence-electron chi connectivity index (χ2n) is 7.34. The minimum atomic E-state index is 0.244. The molecule has 0 radical (unpaired) electrons. The molecule has 0 amide bonds. The van der Waals surface area contributed by atoms with Gasteiger partial charge in [0.1, 0.15) is 5.52 Å². The maximum atomic E-state index is 6.25. The highest BCUT2D eigenvalue weighted by atomic mass is 35.5. The number of aromatic nitrogens is 3. The van der Waals surface area contributed by atoms with Crippen molar-refractivity contribution in [1.29, 1.82) is 0 Å². The van der Waals surface area contributed by atoms with Crippen molar-refractivity contribution in [3.63, 3.8) is 0 Å². The molecule has 0 spiro atoms. The fourth-order valence-electron chi connectivity index (χ4n) is 4.29. The van der Waals surface area contributed by atoms with Gasteiger partial charge in [-0.3, -0.25) is 4.90 Å². The Morgan fingerprint density at radius 1 is 1.26 bits per heavy atom. The van der Waals surface area contributed by atoms with E-state index in [0.29, 0.717) is 18.7 Å². The summed E-state index contributed by atoms with van der Waals surface area (Å²) in [6.07, 6.45) is 1.51. The lowest BCUT2D eigenvalue weighted by Crippen LogP contribution is -2.39. The van der Waals surface area contributed by atoms with Crippen molar-refractivity contribution in [2.24, 2.45) is 0 Å². The predicted octanol–water partition coefficient (Wildman–Crippen LogP) is 3.53. The number of benzene rings is 1. The summed E-state index contributed by atoms with van der Waals surface area (Å²) in [7, 11) is 0. The van der Waals surface area contributed by atoms with Gasteiger partial charge in [-0.15, -0.1) is 5.10 Å². The van der Waals surface area contributed by atoms with Crippen molar-refractivity contribution in [1.82, 2.24) is 19.5 Å². The van der Waals surface area contributed by atoms with Gasteiger partial charge in [-0.2, -0.15) is 4.98 Å². The van der Waals surface area contributed by atoms with E-state index in [1.165, 1.54) is 5.56 Å². The average molecular weight is 384 g/mol. The van der Waals surface area contributed by atoms with Crippen LogP contribution in [0, 0.1) is 0 Å². The van der Waals surface area contributed by atoms with Gasteiger partial charge in [0.25, 0.3) is 0 Å². The third kappa shape index (κ3) is 3.08. The maximum absolute atomic E-state index is 6.25. The number of hydrogen-bond donors (Lipinski definition) is 1. The van der Waals surface area contributed by atoms with Crippen LogP contribution in [-0.2, 0) is 11.3 Å². The number of nitrogens with zero attached hydrogens (tertiary/aromatic N) is 4. The Kier molecular flexibility index (Phi) is 4.27. The third-order valence-electron chi connectivity index (χ3n) is 5.68. The molecule has 2 saturated heterocycles. The number of hydrogen-bond acceptors (Lipinski definition) is 5. The van der Waals surface area contributed by atoms with Crippen molar-refractivity contribution in [3.05, 3.63) is 59.0 Å². The van der Waals surface area contributed by atoms with Crippen LogP contribution in [-0.4, -0.2) is 44.8 Å². The van der Waals surface area contributed by atoms with E-state index in [0.717, 1.165) is 36.6 Å². The number of likely N-dealkylation sites (tertiary alicyclic amines) is 1. The lowest BCUT2D eigenvalue weighted by molar-refractivity contribution is 0.0133. The van der Waals surface area contributed by atoms with Crippen LogP contribution in [0.2, 0.25) is 5.28 Å². The van der Waals surface area contributed by atoms with Gasteiger partial charge in [0, 0.05) is 25.2 Å². The fourth-order valence-corrected chi connectivity index (χ4v) is 4.45. The van der Waals surface area contributed by atoms with Crippen LogP contribution < -0.4 is 5.32 Å². The van der Waals surface area contributed by atoms with Gasteiger partial charge < -0.3 is 10.1 Å². The molecule has 140 valence electrons. The summed E-state index contributed by atoms with van der Waals surface area (Å²) in [5, 5.41) is 8.13. The molecule has 1 N–H and O–H groups in total. The molecule has 6 nitrogen and oxygen atoms in total. The molecule has 1 aromatic carbocycles. The second kappa shape index (κ2) is 6.78. The smallest absolute Gasteiger partial charge is 0.243 e. The van der Waals surface area contributed by atoms with Crippen LogP contribution in [0.25, 0.3) is 5.52 Å². The number of rotatable bonds is 5. The van der Waals surface area contributed by atoms with Gasteiger partial charge in [-0.25, -0.2) is 4.52 Å². The van der Waals surface area contributed by atoms with Crippen LogP contribution in [0.4, 0.5) is 5.82 Å². The third-order valence-corrected chi connectivity index (χ3v) is 5.85. The van der Waals surface area contributed by atoms with Crippen LogP contribution in [0.1, 0.15) is 30.6 Å². The molecule has 3 atom stereocenters. The molecule has 7 heteroatoms. The number of morpholine rings is 1. The number of ether oxygens (including phenoxy) is 1. The molecule has 2 aromatic heterocycles. The van der Waals surface area contributed by atoms with E-state index >= 15 is 0 Å². The molecular weight excluding hydrogens is 362 g/mol. The minimum absolute atomic E-state index is 0.244. The Balaban J connectivity index is 1.44. The predicted molar refractivity (Wildman–Crippen MR) is 105 cm³/mol. The van der Waals surface area contributed by atoms with E-state index in [9.17, 15) is 0 Å². The number of fused-ring (bicyclic) bond motifs is 3. The van der Waals surface area contributed by atoms with Gasteiger partial charge in [-0.1, -0.05) is 30.3 Å². The molecule has 5 rings (SSSR count). The van der Waals surface area contributed by atoms with Crippen molar-refractivity contribution >= 4 is 22.9 Å². The first-order chi connectivity index (χ1) is 13.2. The SMILES string of the molecule is CC(c1ccc2c(NCc3ccccc3)nc(Cl)nn12)N1CC2CC1CO2. The molecule has 0 saturated carbocycles. The van der Waals surface area contributed by atoms with E-state index < -0.39 is 0 Å². The molecule has 3 unspecified atom stereocenters. The summed E-state index contributed by atoms with van der Waals surface area (Å²) >= 11 is 6.25. The standard InChI is InChI=1S/C20H22ClN5O/c1-13(25-11-16-9-15(25)12-27-16)17-7-8-18-19(23-20(21)24-26(17)18)22-10-14-5-3-2-4-6-14/h2-8,13,15-16H,9-12H2,1H3,(H,22,23,24). The van der Waals surface area contributed by atoms with E-state index in [1.54, 1.807) is 0 Å². The molecule has 4 heterocycles. The Bertz CT molecular complexity index is 960. The average Bonchev–Trinajstić information content (AvgIpc) is 3.41. The summed E-state index contributed by atoms with van der Waals surface area (Å²) in [6.45, 7) is 4.73. The Morgan fingerprint density at radius 3 is 2.85 bits per heavy atom. The second-order valence-corrected chi connectivity index (χ2v) is 7.68. The van der Waals surface area contributed by atoms with Gasteiger partial charge in [0.05, 0.1) is 18.4 Å². The number of nitrogens with one attached hydrogen (secondary N) is 1. The zero-order valence-corrected chi connectivity index (χ0v) is 15.9. The summed E-state index contributed by atoms with van der Waals surface area (Å²) in [4.78, 5) is 6.93. The van der Waals surface area contributed by atoms with Gasteiger partial charge in [-0.05, 0) is 42.6 Å². The summed E-state index contributed by atoms with van der Waals surface area (Å²) in [6, 6.07) is 15.2.